The first-order chi connectivity index (χ1) is 10.6. The molecule has 2 amide bonds. The van der Waals surface area contributed by atoms with E-state index in [1.807, 2.05) is 30.0 Å². The van der Waals surface area contributed by atoms with Gasteiger partial charge in [0, 0.05) is 32.7 Å². The number of amides is 2. The van der Waals surface area contributed by atoms with E-state index in [0.29, 0.717) is 5.02 Å². The number of halogens is 1. The number of rotatable bonds is 8. The fraction of sp³-hybridized carbons (Fsp3) is 0.562. The summed E-state index contributed by atoms with van der Waals surface area (Å²) in [6, 6.07) is 5.88. The molecule has 0 aliphatic carbocycles. The Kier molecular flexibility index (Phi) is 6.34. The molecular weight excluding hydrogens is 302 g/mol. The van der Waals surface area contributed by atoms with Crippen molar-refractivity contribution in [3.8, 4) is 5.75 Å². The van der Waals surface area contributed by atoms with Crippen molar-refractivity contribution < 1.29 is 9.53 Å². The smallest absolute Gasteiger partial charge is 0.317 e. The maximum atomic E-state index is 11.4. The van der Waals surface area contributed by atoms with Crippen LogP contribution in [0.3, 0.4) is 0 Å². The van der Waals surface area contributed by atoms with Crippen LogP contribution in [0.1, 0.15) is 25.8 Å². The maximum Gasteiger partial charge on any atom is 0.317 e. The van der Waals surface area contributed by atoms with Gasteiger partial charge in [0.15, 0.2) is 0 Å². The fourth-order valence-electron chi connectivity index (χ4n) is 2.22. The average Bonchev–Trinajstić information content (AvgIpc) is 2.91. The lowest BCUT2D eigenvalue weighted by Gasteiger charge is -2.16. The Hall–Kier alpha value is -1.46. The molecular formula is C16H24ClN3O2. The zero-order chi connectivity index (χ0) is 15.9. The summed E-state index contributed by atoms with van der Waals surface area (Å²) >= 11 is 6.25. The van der Waals surface area contributed by atoms with Crippen LogP contribution < -0.4 is 15.4 Å². The molecule has 6 heteroatoms. The van der Waals surface area contributed by atoms with Crippen molar-refractivity contribution in [1.29, 1.82) is 0 Å². The van der Waals surface area contributed by atoms with Gasteiger partial charge in [-0.25, -0.2) is 4.79 Å². The highest BCUT2D eigenvalue weighted by Crippen LogP contribution is 2.26. The molecule has 0 aromatic heterocycles. The highest BCUT2D eigenvalue weighted by molar-refractivity contribution is 6.32. The lowest BCUT2D eigenvalue weighted by Crippen LogP contribution is -2.34. The third-order valence-electron chi connectivity index (χ3n) is 3.73. The van der Waals surface area contributed by atoms with Gasteiger partial charge in [-0.3, -0.25) is 0 Å². The lowest BCUT2D eigenvalue weighted by atomic mass is 10.2. The molecule has 0 radical (unpaired) electrons. The van der Waals surface area contributed by atoms with E-state index in [1.165, 1.54) is 0 Å². The van der Waals surface area contributed by atoms with Crippen LogP contribution in [0.25, 0.3) is 0 Å². The zero-order valence-corrected chi connectivity index (χ0v) is 13.9. The van der Waals surface area contributed by atoms with Gasteiger partial charge >= 0.3 is 6.03 Å². The highest BCUT2D eigenvalue weighted by atomic mass is 35.5. The van der Waals surface area contributed by atoms with E-state index in [-0.39, 0.29) is 12.1 Å². The number of urea groups is 1. The second-order valence-electron chi connectivity index (χ2n) is 5.50. The summed E-state index contributed by atoms with van der Waals surface area (Å²) < 4.78 is 5.75. The Morgan fingerprint density at radius 2 is 2.32 bits per heavy atom. The standard InChI is InChI=1S/C16H24ClN3O2/c1-3-12(2)22-15-5-4-13(10-14(15)17)11-18-6-8-20-9-7-19-16(20)21/h4-5,10,12,18H,3,6-9,11H2,1-2H3,(H,19,21)/t12-/m1/s1. The van der Waals surface area contributed by atoms with Crippen molar-refractivity contribution in [3.05, 3.63) is 28.8 Å². The van der Waals surface area contributed by atoms with Gasteiger partial charge in [-0.15, -0.1) is 0 Å². The number of carbonyl (C=O) groups is 1. The average molecular weight is 326 g/mol. The number of nitrogens with zero attached hydrogens (tertiary/aromatic N) is 1. The molecule has 1 atom stereocenters. The predicted octanol–water partition coefficient (Wildman–Crippen LogP) is 2.63. The molecule has 122 valence electrons. The van der Waals surface area contributed by atoms with E-state index in [4.69, 9.17) is 16.3 Å². The number of hydrogen-bond acceptors (Lipinski definition) is 3. The third-order valence-corrected chi connectivity index (χ3v) is 4.03. The predicted molar refractivity (Wildman–Crippen MR) is 88.5 cm³/mol. The molecule has 0 bridgehead atoms. The molecule has 1 aromatic carbocycles. The van der Waals surface area contributed by atoms with Crippen LogP contribution in [0.15, 0.2) is 18.2 Å². The molecule has 1 aliphatic heterocycles. The normalized spacial score (nSPS) is 15.8. The summed E-state index contributed by atoms with van der Waals surface area (Å²) in [6.07, 6.45) is 1.11. The highest BCUT2D eigenvalue weighted by Gasteiger charge is 2.18. The summed E-state index contributed by atoms with van der Waals surface area (Å²) in [5.74, 6) is 0.730. The van der Waals surface area contributed by atoms with Crippen LogP contribution in [-0.2, 0) is 6.54 Å². The SMILES string of the molecule is CC[C@@H](C)Oc1ccc(CNCCN2CCNC2=O)cc1Cl. The van der Waals surface area contributed by atoms with Crippen molar-refractivity contribution in [2.24, 2.45) is 0 Å². The molecule has 0 unspecified atom stereocenters. The van der Waals surface area contributed by atoms with E-state index in [2.05, 4.69) is 17.6 Å². The molecule has 1 aliphatic rings. The molecule has 2 N–H and O–H groups in total. The molecule has 1 saturated heterocycles. The summed E-state index contributed by atoms with van der Waals surface area (Å²) in [5, 5.41) is 6.75. The van der Waals surface area contributed by atoms with Gasteiger partial charge in [-0.2, -0.15) is 0 Å². The number of ether oxygens (including phenoxy) is 1. The summed E-state index contributed by atoms with van der Waals surface area (Å²) in [6.45, 7) is 7.83. The summed E-state index contributed by atoms with van der Waals surface area (Å²) in [4.78, 5) is 13.2. The summed E-state index contributed by atoms with van der Waals surface area (Å²) in [5.41, 5.74) is 1.10. The quantitative estimate of drug-likeness (QED) is 0.722. The van der Waals surface area contributed by atoms with Gasteiger partial charge in [-0.05, 0) is 31.0 Å². The maximum absolute atomic E-state index is 11.4. The number of hydrogen-bond donors (Lipinski definition) is 2. The van der Waals surface area contributed by atoms with E-state index < -0.39 is 0 Å². The molecule has 5 nitrogen and oxygen atoms in total. The first kappa shape index (κ1) is 16.9. The van der Waals surface area contributed by atoms with E-state index in [0.717, 1.165) is 50.5 Å². The zero-order valence-electron chi connectivity index (χ0n) is 13.2. The van der Waals surface area contributed by atoms with Crippen LogP contribution in [0.5, 0.6) is 5.75 Å². The molecule has 1 fully saturated rings. The van der Waals surface area contributed by atoms with Crippen LogP contribution in [0, 0.1) is 0 Å². The number of benzene rings is 1. The lowest BCUT2D eigenvalue weighted by molar-refractivity contribution is 0.217. The molecule has 22 heavy (non-hydrogen) atoms. The van der Waals surface area contributed by atoms with Gasteiger partial charge in [0.05, 0.1) is 11.1 Å². The van der Waals surface area contributed by atoms with Crippen LogP contribution in [0.2, 0.25) is 5.02 Å². The minimum absolute atomic E-state index is 0.0244. The topological polar surface area (TPSA) is 53.6 Å². The van der Waals surface area contributed by atoms with Gasteiger partial charge in [0.1, 0.15) is 5.75 Å². The Morgan fingerprint density at radius 3 is 2.95 bits per heavy atom. The molecule has 1 heterocycles. The van der Waals surface area contributed by atoms with Crippen molar-refractivity contribution in [2.75, 3.05) is 26.2 Å². The van der Waals surface area contributed by atoms with E-state index in [1.54, 1.807) is 0 Å². The second-order valence-corrected chi connectivity index (χ2v) is 5.90. The summed E-state index contributed by atoms with van der Waals surface area (Å²) in [7, 11) is 0. The van der Waals surface area contributed by atoms with Crippen LogP contribution in [-0.4, -0.2) is 43.2 Å². The van der Waals surface area contributed by atoms with Crippen molar-refractivity contribution in [3.63, 3.8) is 0 Å². The number of nitrogens with one attached hydrogen (secondary N) is 2. The third kappa shape index (κ3) is 4.78. The molecule has 2 rings (SSSR count). The minimum Gasteiger partial charge on any atom is -0.489 e. The minimum atomic E-state index is 0.0244. The van der Waals surface area contributed by atoms with Crippen LogP contribution in [0.4, 0.5) is 4.79 Å². The fourth-order valence-corrected chi connectivity index (χ4v) is 2.47. The van der Waals surface area contributed by atoms with Gasteiger partial charge in [0.2, 0.25) is 0 Å². The van der Waals surface area contributed by atoms with Gasteiger partial charge in [-0.1, -0.05) is 24.6 Å². The Labute approximate surface area is 137 Å². The Bertz CT molecular complexity index is 510. The first-order valence-corrected chi connectivity index (χ1v) is 8.16. The first-order valence-electron chi connectivity index (χ1n) is 7.78. The monoisotopic (exact) mass is 325 g/mol. The molecule has 0 saturated carbocycles. The van der Waals surface area contributed by atoms with Gasteiger partial charge in [0.25, 0.3) is 0 Å². The Morgan fingerprint density at radius 1 is 1.50 bits per heavy atom. The van der Waals surface area contributed by atoms with E-state index in [9.17, 15) is 4.79 Å². The number of carbonyl (C=O) groups excluding carboxylic acids is 1. The van der Waals surface area contributed by atoms with Crippen LogP contribution >= 0.6 is 11.6 Å². The van der Waals surface area contributed by atoms with Crippen molar-refractivity contribution in [1.82, 2.24) is 15.5 Å². The van der Waals surface area contributed by atoms with E-state index >= 15 is 0 Å². The van der Waals surface area contributed by atoms with Gasteiger partial charge < -0.3 is 20.3 Å². The molecule has 1 aromatic rings. The Balaban J connectivity index is 1.76. The second kappa shape index (κ2) is 8.25. The van der Waals surface area contributed by atoms with Crippen molar-refractivity contribution in [2.45, 2.75) is 32.9 Å². The largest absolute Gasteiger partial charge is 0.489 e. The molecule has 0 spiro atoms. The van der Waals surface area contributed by atoms with Crippen molar-refractivity contribution >= 4 is 17.6 Å².